The number of imidazole rings is 1. The highest BCUT2D eigenvalue weighted by Gasteiger charge is 2.13. The molecule has 0 radical (unpaired) electrons. The first-order chi connectivity index (χ1) is 6.59. The van der Waals surface area contributed by atoms with Crippen LogP contribution in [0.5, 0.6) is 0 Å². The molecule has 74 valence electrons. The van der Waals surface area contributed by atoms with Crippen molar-refractivity contribution < 1.29 is 8.78 Å². The van der Waals surface area contributed by atoms with E-state index in [4.69, 9.17) is 23.2 Å². The molecule has 0 N–H and O–H groups in total. The van der Waals surface area contributed by atoms with Crippen LogP contribution in [0.1, 0.15) is 6.55 Å². The Morgan fingerprint density at radius 2 is 2.07 bits per heavy atom. The van der Waals surface area contributed by atoms with Gasteiger partial charge in [0, 0.05) is 0 Å². The SMILES string of the molecule is FC(F)n1cnc2cc(Cl)c(Cl)nc21. The van der Waals surface area contributed by atoms with E-state index in [9.17, 15) is 8.78 Å². The lowest BCUT2D eigenvalue weighted by atomic mass is 10.4. The van der Waals surface area contributed by atoms with Gasteiger partial charge in [-0.2, -0.15) is 8.78 Å². The second-order valence-electron chi connectivity index (χ2n) is 2.53. The van der Waals surface area contributed by atoms with Gasteiger partial charge in [-0.15, -0.1) is 0 Å². The summed E-state index contributed by atoms with van der Waals surface area (Å²) in [6, 6.07) is 1.39. The van der Waals surface area contributed by atoms with Gasteiger partial charge in [-0.3, -0.25) is 4.57 Å². The van der Waals surface area contributed by atoms with Crippen molar-refractivity contribution in [3.8, 4) is 0 Å². The fourth-order valence-corrected chi connectivity index (χ4v) is 1.33. The predicted octanol–water partition coefficient (Wildman–Crippen LogP) is 3.13. The number of rotatable bonds is 1. The Morgan fingerprint density at radius 1 is 1.36 bits per heavy atom. The first-order valence-corrected chi connectivity index (χ1v) is 4.32. The van der Waals surface area contributed by atoms with Gasteiger partial charge in [-0.1, -0.05) is 23.2 Å². The molecule has 0 fully saturated rings. The fourth-order valence-electron chi connectivity index (χ4n) is 1.05. The standard InChI is InChI=1S/C7H3Cl2F2N3/c8-3-1-4-6(13-5(3)9)14(2-12-4)7(10)11/h1-2,7H. The summed E-state index contributed by atoms with van der Waals surface area (Å²) in [4.78, 5) is 7.43. The Kier molecular flexibility index (Phi) is 2.28. The third-order valence-corrected chi connectivity index (χ3v) is 2.34. The molecular formula is C7H3Cl2F2N3. The molecule has 2 aromatic heterocycles. The normalized spacial score (nSPS) is 11.5. The maximum atomic E-state index is 12.4. The number of pyridine rings is 1. The monoisotopic (exact) mass is 237 g/mol. The van der Waals surface area contributed by atoms with Gasteiger partial charge in [0.2, 0.25) is 0 Å². The van der Waals surface area contributed by atoms with Gasteiger partial charge in [0.25, 0.3) is 0 Å². The lowest BCUT2D eigenvalue weighted by Crippen LogP contribution is -1.97. The van der Waals surface area contributed by atoms with Crippen molar-refractivity contribution in [3.63, 3.8) is 0 Å². The molecule has 3 nitrogen and oxygen atoms in total. The lowest BCUT2D eigenvalue weighted by molar-refractivity contribution is 0.0740. The van der Waals surface area contributed by atoms with Crippen molar-refractivity contribution in [2.45, 2.75) is 6.55 Å². The number of alkyl halides is 2. The van der Waals surface area contributed by atoms with Crippen LogP contribution in [0.3, 0.4) is 0 Å². The van der Waals surface area contributed by atoms with Gasteiger partial charge in [0.1, 0.15) is 17.0 Å². The molecule has 2 aromatic rings. The van der Waals surface area contributed by atoms with Crippen molar-refractivity contribution in [1.29, 1.82) is 0 Å². The molecular weight excluding hydrogens is 235 g/mol. The summed E-state index contributed by atoms with van der Waals surface area (Å²) in [5.41, 5.74) is 0.314. The van der Waals surface area contributed by atoms with E-state index in [0.717, 1.165) is 6.33 Å². The molecule has 0 saturated carbocycles. The van der Waals surface area contributed by atoms with Crippen LogP contribution in [-0.2, 0) is 0 Å². The van der Waals surface area contributed by atoms with Crippen LogP contribution in [0.4, 0.5) is 8.78 Å². The van der Waals surface area contributed by atoms with E-state index < -0.39 is 6.55 Å². The highest BCUT2D eigenvalue weighted by Crippen LogP contribution is 2.25. The largest absolute Gasteiger partial charge is 0.321 e. The summed E-state index contributed by atoms with van der Waals surface area (Å²) in [6.45, 7) is -2.69. The van der Waals surface area contributed by atoms with Crippen LogP contribution in [0.25, 0.3) is 11.2 Å². The molecule has 0 spiro atoms. The minimum atomic E-state index is -2.69. The Hall–Kier alpha value is -0.940. The van der Waals surface area contributed by atoms with Crippen molar-refractivity contribution in [2.75, 3.05) is 0 Å². The summed E-state index contributed by atoms with van der Waals surface area (Å²) < 4.78 is 25.4. The van der Waals surface area contributed by atoms with Gasteiger partial charge >= 0.3 is 6.55 Å². The van der Waals surface area contributed by atoms with E-state index in [1.54, 1.807) is 0 Å². The first-order valence-electron chi connectivity index (χ1n) is 3.56. The minimum Gasteiger partial charge on any atom is -0.257 e. The molecule has 7 heteroatoms. The van der Waals surface area contributed by atoms with E-state index in [2.05, 4.69) is 9.97 Å². The average molecular weight is 238 g/mol. The van der Waals surface area contributed by atoms with Gasteiger partial charge in [-0.25, -0.2) is 9.97 Å². The van der Waals surface area contributed by atoms with Crippen molar-refractivity contribution >= 4 is 34.4 Å². The zero-order valence-corrected chi connectivity index (χ0v) is 8.10. The van der Waals surface area contributed by atoms with Gasteiger partial charge in [0.15, 0.2) is 5.65 Å². The molecule has 0 saturated heterocycles. The van der Waals surface area contributed by atoms with E-state index in [1.165, 1.54) is 6.07 Å². The molecule has 0 unspecified atom stereocenters. The zero-order chi connectivity index (χ0) is 10.3. The topological polar surface area (TPSA) is 30.7 Å². The number of nitrogens with zero attached hydrogens (tertiary/aromatic N) is 3. The van der Waals surface area contributed by atoms with Crippen LogP contribution < -0.4 is 0 Å². The van der Waals surface area contributed by atoms with Gasteiger partial charge in [-0.05, 0) is 6.07 Å². The smallest absolute Gasteiger partial charge is 0.257 e. The summed E-state index contributed by atoms with van der Waals surface area (Å²) in [5, 5.41) is 0.181. The second kappa shape index (κ2) is 3.33. The number of halogens is 4. The number of hydrogen-bond donors (Lipinski definition) is 0. The van der Waals surface area contributed by atoms with Gasteiger partial charge in [0.05, 0.1) is 5.02 Å². The molecule has 14 heavy (non-hydrogen) atoms. The third kappa shape index (κ3) is 1.42. The Balaban J connectivity index is 2.74. The quantitative estimate of drug-likeness (QED) is 0.714. The Labute approximate surface area is 87.3 Å². The van der Waals surface area contributed by atoms with Gasteiger partial charge < -0.3 is 0 Å². The third-order valence-electron chi connectivity index (χ3n) is 1.67. The van der Waals surface area contributed by atoms with E-state index in [0.29, 0.717) is 10.1 Å². The van der Waals surface area contributed by atoms with Crippen LogP contribution in [-0.4, -0.2) is 14.5 Å². The molecule has 2 rings (SSSR count). The summed E-state index contributed by atoms with van der Waals surface area (Å²) >= 11 is 11.2. The summed E-state index contributed by atoms with van der Waals surface area (Å²) in [6.07, 6.45) is 0.995. The fraction of sp³-hybridized carbons (Fsp3) is 0.143. The van der Waals surface area contributed by atoms with Crippen LogP contribution in [0, 0.1) is 0 Å². The predicted molar refractivity (Wildman–Crippen MR) is 48.8 cm³/mol. The van der Waals surface area contributed by atoms with Crippen molar-refractivity contribution in [3.05, 3.63) is 22.6 Å². The molecule has 0 atom stereocenters. The average Bonchev–Trinajstić information content (AvgIpc) is 2.48. The van der Waals surface area contributed by atoms with E-state index >= 15 is 0 Å². The molecule has 0 bridgehead atoms. The van der Waals surface area contributed by atoms with Crippen molar-refractivity contribution in [1.82, 2.24) is 14.5 Å². The van der Waals surface area contributed by atoms with E-state index in [1.807, 2.05) is 0 Å². The van der Waals surface area contributed by atoms with Crippen LogP contribution in [0.2, 0.25) is 10.2 Å². The Morgan fingerprint density at radius 3 is 2.71 bits per heavy atom. The summed E-state index contributed by atoms with van der Waals surface area (Å²) in [5.74, 6) is 0. The highest BCUT2D eigenvalue weighted by molar-refractivity contribution is 6.41. The molecule has 2 heterocycles. The first kappa shape index (κ1) is 9.61. The number of aromatic nitrogens is 3. The molecule has 0 aromatic carbocycles. The lowest BCUT2D eigenvalue weighted by Gasteiger charge is -2.01. The molecule has 0 amide bonds. The second-order valence-corrected chi connectivity index (χ2v) is 3.30. The molecule has 0 aliphatic heterocycles. The maximum absolute atomic E-state index is 12.4. The maximum Gasteiger partial charge on any atom is 0.321 e. The Bertz CT molecular complexity index is 483. The van der Waals surface area contributed by atoms with Crippen molar-refractivity contribution in [2.24, 2.45) is 0 Å². The zero-order valence-electron chi connectivity index (χ0n) is 6.59. The van der Waals surface area contributed by atoms with Crippen LogP contribution in [0.15, 0.2) is 12.4 Å². The number of hydrogen-bond acceptors (Lipinski definition) is 2. The number of fused-ring (bicyclic) bond motifs is 1. The van der Waals surface area contributed by atoms with E-state index in [-0.39, 0.29) is 15.8 Å². The highest BCUT2D eigenvalue weighted by atomic mass is 35.5. The van der Waals surface area contributed by atoms with Crippen LogP contribution >= 0.6 is 23.2 Å². The summed E-state index contributed by atoms with van der Waals surface area (Å²) in [7, 11) is 0. The molecule has 0 aliphatic carbocycles. The molecule has 0 aliphatic rings. The minimum absolute atomic E-state index is 0.0124.